The molecule has 90 valence electrons. The standard InChI is InChI=1S/C8H13N3O4S/c1-6-9-7(16(14,15)10(2)3)4-11(6)5-8(12)13/h4H,5H2,1-3H3,(H,12,13). The van der Waals surface area contributed by atoms with Crippen LogP contribution in [-0.4, -0.2) is 47.4 Å². The summed E-state index contributed by atoms with van der Waals surface area (Å²) in [4.78, 5) is 14.3. The third-order valence-electron chi connectivity index (χ3n) is 2.00. The van der Waals surface area contributed by atoms with E-state index < -0.39 is 16.0 Å². The predicted octanol–water partition coefficient (Wildman–Crippen LogP) is -0.474. The van der Waals surface area contributed by atoms with E-state index in [-0.39, 0.29) is 11.6 Å². The maximum Gasteiger partial charge on any atom is 0.323 e. The Hall–Kier alpha value is -1.41. The molecule has 0 unspecified atom stereocenters. The van der Waals surface area contributed by atoms with Crippen LogP contribution in [0.2, 0.25) is 0 Å². The molecule has 1 rings (SSSR count). The normalized spacial score (nSPS) is 12.0. The van der Waals surface area contributed by atoms with Crippen LogP contribution >= 0.6 is 0 Å². The van der Waals surface area contributed by atoms with Crippen molar-refractivity contribution in [3.05, 3.63) is 12.0 Å². The Morgan fingerprint density at radius 3 is 2.56 bits per heavy atom. The first kappa shape index (κ1) is 12.7. The van der Waals surface area contributed by atoms with E-state index >= 15 is 0 Å². The van der Waals surface area contributed by atoms with Crippen molar-refractivity contribution >= 4 is 16.0 Å². The van der Waals surface area contributed by atoms with Gasteiger partial charge in [-0.25, -0.2) is 17.7 Å². The van der Waals surface area contributed by atoms with Crippen LogP contribution < -0.4 is 0 Å². The van der Waals surface area contributed by atoms with Gasteiger partial charge in [0.1, 0.15) is 12.4 Å². The molecule has 0 saturated carbocycles. The first-order valence-corrected chi connectivity index (χ1v) is 5.87. The summed E-state index contributed by atoms with van der Waals surface area (Å²) < 4.78 is 25.7. The fraction of sp³-hybridized carbons (Fsp3) is 0.500. The monoisotopic (exact) mass is 247 g/mol. The van der Waals surface area contributed by atoms with E-state index in [1.807, 2.05) is 0 Å². The number of rotatable bonds is 4. The van der Waals surface area contributed by atoms with Crippen LogP contribution in [0.1, 0.15) is 5.82 Å². The lowest BCUT2D eigenvalue weighted by atomic mass is 10.6. The Kier molecular flexibility index (Phi) is 3.34. The van der Waals surface area contributed by atoms with Gasteiger partial charge in [0.2, 0.25) is 0 Å². The van der Waals surface area contributed by atoms with E-state index in [1.54, 1.807) is 6.92 Å². The molecule has 0 atom stereocenters. The van der Waals surface area contributed by atoms with Gasteiger partial charge in [0, 0.05) is 20.3 Å². The predicted molar refractivity (Wildman–Crippen MR) is 55.5 cm³/mol. The molecule has 0 radical (unpaired) electrons. The van der Waals surface area contributed by atoms with Crippen molar-refractivity contribution in [1.29, 1.82) is 0 Å². The zero-order chi connectivity index (χ0) is 12.5. The Balaban J connectivity index is 3.16. The van der Waals surface area contributed by atoms with Gasteiger partial charge in [-0.05, 0) is 6.92 Å². The molecule has 16 heavy (non-hydrogen) atoms. The summed E-state index contributed by atoms with van der Waals surface area (Å²) >= 11 is 0. The number of aryl methyl sites for hydroxylation is 1. The van der Waals surface area contributed by atoms with Crippen LogP contribution in [0.25, 0.3) is 0 Å². The van der Waals surface area contributed by atoms with Gasteiger partial charge in [-0.2, -0.15) is 0 Å². The molecule has 0 bridgehead atoms. The average Bonchev–Trinajstić information content (AvgIpc) is 2.47. The number of aromatic nitrogens is 2. The van der Waals surface area contributed by atoms with Crippen molar-refractivity contribution < 1.29 is 18.3 Å². The molecule has 0 aliphatic heterocycles. The van der Waals surface area contributed by atoms with Crippen molar-refractivity contribution in [3.8, 4) is 0 Å². The highest BCUT2D eigenvalue weighted by molar-refractivity contribution is 7.89. The summed E-state index contributed by atoms with van der Waals surface area (Å²) in [6.07, 6.45) is 1.22. The third kappa shape index (κ3) is 2.39. The lowest BCUT2D eigenvalue weighted by Gasteiger charge is -2.07. The zero-order valence-corrected chi connectivity index (χ0v) is 10.0. The van der Waals surface area contributed by atoms with Crippen molar-refractivity contribution in [3.63, 3.8) is 0 Å². The number of carboxylic acid groups (broad SMARTS) is 1. The molecule has 8 heteroatoms. The van der Waals surface area contributed by atoms with E-state index in [0.29, 0.717) is 5.82 Å². The van der Waals surface area contributed by atoms with Crippen LogP contribution in [0, 0.1) is 6.92 Å². The highest BCUT2D eigenvalue weighted by Crippen LogP contribution is 2.12. The fourth-order valence-electron chi connectivity index (χ4n) is 1.10. The minimum absolute atomic E-state index is 0.142. The van der Waals surface area contributed by atoms with Crippen molar-refractivity contribution in [2.75, 3.05) is 14.1 Å². The molecule has 0 spiro atoms. The van der Waals surface area contributed by atoms with E-state index in [2.05, 4.69) is 4.98 Å². The summed E-state index contributed by atoms with van der Waals surface area (Å²) in [6, 6.07) is 0. The summed E-state index contributed by atoms with van der Waals surface area (Å²) in [6.45, 7) is 1.25. The number of carboxylic acids is 1. The average molecular weight is 247 g/mol. The lowest BCUT2D eigenvalue weighted by molar-refractivity contribution is -0.137. The second-order valence-electron chi connectivity index (χ2n) is 3.44. The maximum absolute atomic E-state index is 11.7. The van der Waals surface area contributed by atoms with E-state index in [0.717, 1.165) is 4.31 Å². The smallest absolute Gasteiger partial charge is 0.323 e. The second kappa shape index (κ2) is 4.22. The number of hydrogen-bond donors (Lipinski definition) is 1. The summed E-state index contributed by atoms with van der Waals surface area (Å²) in [5.74, 6) is -0.697. The van der Waals surface area contributed by atoms with Crippen molar-refractivity contribution in [2.45, 2.75) is 18.5 Å². The minimum atomic E-state index is -3.61. The first-order chi connectivity index (χ1) is 7.25. The molecule has 0 amide bonds. The molecule has 1 aromatic heterocycles. The van der Waals surface area contributed by atoms with Gasteiger partial charge >= 0.3 is 5.97 Å². The molecular formula is C8H13N3O4S. The Bertz CT molecular complexity index is 503. The van der Waals surface area contributed by atoms with Crippen LogP contribution in [0.4, 0.5) is 0 Å². The maximum atomic E-state index is 11.7. The topological polar surface area (TPSA) is 92.5 Å². The summed E-state index contributed by atoms with van der Waals surface area (Å²) in [5, 5.41) is 8.46. The van der Waals surface area contributed by atoms with Crippen LogP contribution in [0.5, 0.6) is 0 Å². The molecule has 0 aromatic carbocycles. The van der Waals surface area contributed by atoms with Crippen molar-refractivity contribution in [1.82, 2.24) is 13.9 Å². The molecule has 1 N–H and O–H groups in total. The number of carbonyl (C=O) groups is 1. The van der Waals surface area contributed by atoms with Gasteiger partial charge in [0.25, 0.3) is 10.0 Å². The third-order valence-corrected chi connectivity index (χ3v) is 3.69. The molecular weight excluding hydrogens is 234 g/mol. The van der Waals surface area contributed by atoms with Crippen LogP contribution in [-0.2, 0) is 21.4 Å². The van der Waals surface area contributed by atoms with Gasteiger partial charge in [-0.1, -0.05) is 0 Å². The van der Waals surface area contributed by atoms with Gasteiger partial charge in [0.15, 0.2) is 5.03 Å². The van der Waals surface area contributed by atoms with Gasteiger partial charge in [-0.15, -0.1) is 0 Å². The largest absolute Gasteiger partial charge is 0.480 e. The van der Waals surface area contributed by atoms with E-state index in [1.165, 1.54) is 24.9 Å². The van der Waals surface area contributed by atoms with Crippen LogP contribution in [0.15, 0.2) is 11.2 Å². The minimum Gasteiger partial charge on any atom is -0.480 e. The molecule has 0 aliphatic carbocycles. The van der Waals surface area contributed by atoms with E-state index in [9.17, 15) is 13.2 Å². The highest BCUT2D eigenvalue weighted by Gasteiger charge is 2.22. The molecule has 0 fully saturated rings. The first-order valence-electron chi connectivity index (χ1n) is 4.43. The Morgan fingerprint density at radius 2 is 2.12 bits per heavy atom. The van der Waals surface area contributed by atoms with Crippen LogP contribution in [0.3, 0.4) is 0 Å². The molecule has 1 aromatic rings. The van der Waals surface area contributed by atoms with Gasteiger partial charge in [0.05, 0.1) is 0 Å². The van der Waals surface area contributed by atoms with E-state index in [4.69, 9.17) is 5.11 Å². The SMILES string of the molecule is Cc1nc(S(=O)(=O)N(C)C)cn1CC(=O)O. The van der Waals surface area contributed by atoms with Gasteiger partial charge < -0.3 is 9.67 Å². The highest BCUT2D eigenvalue weighted by atomic mass is 32.2. The van der Waals surface area contributed by atoms with Gasteiger partial charge in [-0.3, -0.25) is 4.79 Å². The molecule has 7 nitrogen and oxygen atoms in total. The number of sulfonamides is 1. The zero-order valence-electron chi connectivity index (χ0n) is 9.21. The molecule has 0 aliphatic rings. The van der Waals surface area contributed by atoms with Crippen molar-refractivity contribution in [2.24, 2.45) is 0 Å². The Labute approximate surface area is 93.4 Å². The second-order valence-corrected chi connectivity index (χ2v) is 5.53. The quantitative estimate of drug-likeness (QED) is 0.776. The number of imidazole rings is 1. The number of hydrogen-bond acceptors (Lipinski definition) is 4. The molecule has 1 heterocycles. The summed E-state index contributed by atoms with van der Waals surface area (Å²) in [7, 11) is -0.826. The fourth-order valence-corrected chi connectivity index (χ4v) is 1.98. The summed E-state index contributed by atoms with van der Waals surface area (Å²) in [5.41, 5.74) is 0. The lowest BCUT2D eigenvalue weighted by Crippen LogP contribution is -2.22. The number of nitrogens with zero attached hydrogens (tertiary/aromatic N) is 3. The molecule has 0 saturated heterocycles. The number of aliphatic carboxylic acids is 1. The Morgan fingerprint density at radius 1 is 1.56 bits per heavy atom.